The van der Waals surface area contributed by atoms with E-state index in [9.17, 15) is 4.79 Å². The molecule has 7 heteroatoms. The highest BCUT2D eigenvalue weighted by molar-refractivity contribution is 5.92. The summed E-state index contributed by atoms with van der Waals surface area (Å²) in [5.74, 6) is 2.19. The fraction of sp³-hybridized carbons (Fsp3) is 0.381. The first-order valence-corrected chi connectivity index (χ1v) is 9.35. The topological polar surface area (TPSA) is 82.8 Å². The van der Waals surface area contributed by atoms with Gasteiger partial charge in [0.25, 0.3) is 0 Å². The predicted octanol–water partition coefficient (Wildman–Crippen LogP) is 3.87. The first-order valence-electron chi connectivity index (χ1n) is 9.35. The fourth-order valence-corrected chi connectivity index (χ4v) is 3.58. The Morgan fingerprint density at radius 1 is 1.14 bits per heavy atom. The first kappa shape index (κ1) is 20.3. The van der Waals surface area contributed by atoms with E-state index in [1.54, 1.807) is 0 Å². The van der Waals surface area contributed by atoms with E-state index in [4.69, 9.17) is 19.9 Å². The van der Waals surface area contributed by atoms with Gasteiger partial charge in [-0.15, -0.1) is 12.4 Å². The van der Waals surface area contributed by atoms with E-state index in [0.717, 1.165) is 42.7 Å². The smallest absolute Gasteiger partial charge is 0.231 e. The standard InChI is InChI=1S/C21H24N2O4.ClH/c22-16-5-2-4-15(10-16)21(24)23-17-6-1-3-14(9-17)12-25-18-7-8-19-20(11-18)27-13-26-19;/h1,3,6-9,11,15-16H,2,4-5,10,12-13,22H2,(H,23,24);1H. The van der Waals surface area contributed by atoms with Crippen molar-refractivity contribution in [3.05, 3.63) is 48.0 Å². The van der Waals surface area contributed by atoms with Gasteiger partial charge >= 0.3 is 0 Å². The minimum atomic E-state index is 0. The Morgan fingerprint density at radius 3 is 2.86 bits per heavy atom. The average molecular weight is 405 g/mol. The van der Waals surface area contributed by atoms with Crippen molar-refractivity contribution >= 4 is 24.0 Å². The molecule has 1 aliphatic heterocycles. The van der Waals surface area contributed by atoms with E-state index in [-0.39, 0.29) is 37.1 Å². The highest BCUT2D eigenvalue weighted by Crippen LogP contribution is 2.35. The number of anilines is 1. The Labute approximate surface area is 170 Å². The van der Waals surface area contributed by atoms with Gasteiger partial charge in [0.2, 0.25) is 12.7 Å². The maximum absolute atomic E-state index is 12.5. The Balaban J connectivity index is 0.00000225. The number of hydrogen-bond donors (Lipinski definition) is 2. The molecule has 1 saturated carbocycles. The summed E-state index contributed by atoms with van der Waals surface area (Å²) < 4.78 is 16.5. The molecule has 6 nitrogen and oxygen atoms in total. The Morgan fingerprint density at radius 2 is 2.00 bits per heavy atom. The number of hydrogen-bond acceptors (Lipinski definition) is 5. The Hall–Kier alpha value is -2.44. The van der Waals surface area contributed by atoms with Gasteiger partial charge in [-0.05, 0) is 49.1 Å². The number of carbonyl (C=O) groups is 1. The van der Waals surface area contributed by atoms with Crippen LogP contribution in [0.4, 0.5) is 5.69 Å². The van der Waals surface area contributed by atoms with Gasteiger partial charge in [0.05, 0.1) is 0 Å². The number of amides is 1. The van der Waals surface area contributed by atoms with Crippen molar-refractivity contribution in [1.82, 2.24) is 0 Å². The molecule has 2 atom stereocenters. The van der Waals surface area contributed by atoms with Crippen molar-refractivity contribution in [3.8, 4) is 17.2 Å². The molecule has 4 rings (SSSR count). The molecule has 1 fully saturated rings. The van der Waals surface area contributed by atoms with Gasteiger partial charge in [-0.2, -0.15) is 0 Å². The number of rotatable bonds is 5. The highest BCUT2D eigenvalue weighted by atomic mass is 35.5. The number of nitrogens with one attached hydrogen (secondary N) is 1. The monoisotopic (exact) mass is 404 g/mol. The van der Waals surface area contributed by atoms with E-state index in [1.807, 2.05) is 42.5 Å². The maximum atomic E-state index is 12.5. The molecule has 150 valence electrons. The number of fused-ring (bicyclic) bond motifs is 1. The van der Waals surface area contributed by atoms with Crippen molar-refractivity contribution in [1.29, 1.82) is 0 Å². The second-order valence-electron chi connectivity index (χ2n) is 7.12. The molecule has 1 heterocycles. The zero-order valence-corrected chi connectivity index (χ0v) is 16.4. The largest absolute Gasteiger partial charge is 0.489 e. The molecule has 28 heavy (non-hydrogen) atoms. The van der Waals surface area contributed by atoms with Crippen LogP contribution in [0.2, 0.25) is 0 Å². The van der Waals surface area contributed by atoms with Gasteiger partial charge in [0.1, 0.15) is 12.4 Å². The SMILES string of the molecule is Cl.NC1CCCC(C(=O)Nc2cccc(COc3ccc4c(c3)OCO4)c2)C1. The molecule has 0 aromatic heterocycles. The van der Waals surface area contributed by atoms with Gasteiger partial charge < -0.3 is 25.3 Å². The third-order valence-corrected chi connectivity index (χ3v) is 5.03. The fourth-order valence-electron chi connectivity index (χ4n) is 3.58. The van der Waals surface area contributed by atoms with Crippen LogP contribution in [0, 0.1) is 5.92 Å². The third-order valence-electron chi connectivity index (χ3n) is 5.03. The van der Waals surface area contributed by atoms with Crippen molar-refractivity contribution in [2.45, 2.75) is 38.3 Å². The van der Waals surface area contributed by atoms with Gasteiger partial charge in [-0.3, -0.25) is 4.79 Å². The number of ether oxygens (including phenoxy) is 3. The summed E-state index contributed by atoms with van der Waals surface area (Å²) in [6.07, 6.45) is 3.70. The summed E-state index contributed by atoms with van der Waals surface area (Å²) in [5, 5.41) is 3.02. The van der Waals surface area contributed by atoms with Crippen LogP contribution in [-0.4, -0.2) is 18.7 Å². The van der Waals surface area contributed by atoms with Crippen LogP contribution in [0.15, 0.2) is 42.5 Å². The highest BCUT2D eigenvalue weighted by Gasteiger charge is 2.25. The van der Waals surface area contributed by atoms with Crippen molar-refractivity contribution in [3.63, 3.8) is 0 Å². The van der Waals surface area contributed by atoms with Crippen LogP contribution >= 0.6 is 12.4 Å². The van der Waals surface area contributed by atoms with Crippen LogP contribution in [0.5, 0.6) is 17.2 Å². The zero-order valence-electron chi connectivity index (χ0n) is 15.6. The number of carbonyl (C=O) groups excluding carboxylic acids is 1. The van der Waals surface area contributed by atoms with Gasteiger partial charge in [0.15, 0.2) is 11.5 Å². The lowest BCUT2D eigenvalue weighted by Gasteiger charge is -2.25. The minimum Gasteiger partial charge on any atom is -0.489 e. The first-order chi connectivity index (χ1) is 13.2. The number of nitrogens with two attached hydrogens (primary N) is 1. The van der Waals surface area contributed by atoms with E-state index in [2.05, 4.69) is 5.32 Å². The molecule has 1 aliphatic carbocycles. The molecule has 2 unspecified atom stereocenters. The van der Waals surface area contributed by atoms with E-state index >= 15 is 0 Å². The van der Waals surface area contributed by atoms with Gasteiger partial charge in [0, 0.05) is 23.7 Å². The summed E-state index contributed by atoms with van der Waals surface area (Å²) in [7, 11) is 0. The molecule has 1 amide bonds. The lowest BCUT2D eigenvalue weighted by atomic mass is 9.85. The van der Waals surface area contributed by atoms with Crippen LogP contribution < -0.4 is 25.3 Å². The van der Waals surface area contributed by atoms with E-state index < -0.39 is 0 Å². The summed E-state index contributed by atoms with van der Waals surface area (Å²) in [5.41, 5.74) is 7.76. The molecule has 0 bridgehead atoms. The van der Waals surface area contributed by atoms with Crippen LogP contribution in [0.1, 0.15) is 31.2 Å². The molecule has 2 aromatic carbocycles. The van der Waals surface area contributed by atoms with Crippen LogP contribution in [0.25, 0.3) is 0 Å². The maximum Gasteiger partial charge on any atom is 0.231 e. The summed E-state index contributed by atoms with van der Waals surface area (Å²) in [6.45, 7) is 0.643. The second-order valence-corrected chi connectivity index (χ2v) is 7.12. The second kappa shape index (κ2) is 9.17. The van der Waals surface area contributed by atoms with Crippen molar-refractivity contribution in [2.75, 3.05) is 12.1 Å². The molecular formula is C21H25ClN2O4. The normalized spacial score (nSPS) is 20.2. The molecule has 2 aromatic rings. The van der Waals surface area contributed by atoms with Crippen LogP contribution in [-0.2, 0) is 11.4 Å². The third kappa shape index (κ3) is 4.88. The zero-order chi connectivity index (χ0) is 18.6. The summed E-state index contributed by atoms with van der Waals surface area (Å²) in [6, 6.07) is 13.4. The van der Waals surface area contributed by atoms with Gasteiger partial charge in [-0.25, -0.2) is 0 Å². The number of halogens is 1. The van der Waals surface area contributed by atoms with Crippen LogP contribution in [0.3, 0.4) is 0 Å². The Kier molecular flexibility index (Phi) is 6.65. The van der Waals surface area contributed by atoms with E-state index in [1.165, 1.54) is 0 Å². The molecule has 2 aliphatic rings. The molecule has 0 radical (unpaired) electrons. The van der Waals surface area contributed by atoms with Crippen molar-refractivity contribution in [2.24, 2.45) is 11.7 Å². The molecular weight excluding hydrogens is 380 g/mol. The minimum absolute atomic E-state index is 0. The summed E-state index contributed by atoms with van der Waals surface area (Å²) >= 11 is 0. The summed E-state index contributed by atoms with van der Waals surface area (Å²) in [4.78, 5) is 12.5. The number of benzene rings is 2. The lowest BCUT2D eigenvalue weighted by molar-refractivity contribution is -0.120. The lowest BCUT2D eigenvalue weighted by Crippen LogP contribution is -2.34. The quantitative estimate of drug-likeness (QED) is 0.790. The Bertz CT molecular complexity index is 830. The molecule has 0 saturated heterocycles. The predicted molar refractivity (Wildman–Crippen MR) is 109 cm³/mol. The molecule has 3 N–H and O–H groups in total. The average Bonchev–Trinajstić information content (AvgIpc) is 3.14. The van der Waals surface area contributed by atoms with E-state index in [0.29, 0.717) is 18.1 Å². The van der Waals surface area contributed by atoms with Crippen molar-refractivity contribution < 1.29 is 19.0 Å². The van der Waals surface area contributed by atoms with Gasteiger partial charge in [-0.1, -0.05) is 18.6 Å². The molecule has 0 spiro atoms.